The third-order valence-corrected chi connectivity index (χ3v) is 9.55. The van der Waals surface area contributed by atoms with Crippen LogP contribution in [-0.2, 0) is 28.5 Å². The van der Waals surface area contributed by atoms with E-state index in [1.807, 2.05) is 4.90 Å². The summed E-state index contributed by atoms with van der Waals surface area (Å²) in [6, 6.07) is 0. The number of morpholine rings is 1. The average molecular weight is 505 g/mol. The molecule has 0 N–H and O–H groups in total. The number of nitrogens with zero attached hydrogens (tertiary/aromatic N) is 2. The summed E-state index contributed by atoms with van der Waals surface area (Å²) in [5.41, 5.74) is 0.693. The highest BCUT2D eigenvalue weighted by atomic mass is 16.6. The number of ether oxygens (including phenoxy) is 5. The number of amides is 2. The Kier molecular flexibility index (Phi) is 6.14. The SMILES string of the molecule is CO[C@H]1C([C@@]2(C)O[C@@H]2CC=C(C)C)[C@]2(CC[C@H]1OC(=O)N1C[C@@H]3[C@H](C1)[C@H]3C(=O)N1CCOCC1)CO2. The lowest BCUT2D eigenvalue weighted by Crippen LogP contribution is -2.56. The number of carbonyl (C=O) groups is 2. The molecule has 200 valence electrons. The number of hydrogen-bond acceptors (Lipinski definition) is 7. The van der Waals surface area contributed by atoms with Gasteiger partial charge in [-0.25, -0.2) is 4.79 Å². The molecule has 6 aliphatic rings. The van der Waals surface area contributed by atoms with Crippen molar-refractivity contribution >= 4 is 12.0 Å². The Bertz CT molecular complexity index is 913. The third-order valence-electron chi connectivity index (χ3n) is 9.55. The van der Waals surface area contributed by atoms with E-state index in [1.54, 1.807) is 12.0 Å². The van der Waals surface area contributed by atoms with Crippen molar-refractivity contribution in [1.29, 1.82) is 0 Å². The molecule has 4 aliphatic heterocycles. The van der Waals surface area contributed by atoms with Crippen LogP contribution in [0.2, 0.25) is 0 Å². The van der Waals surface area contributed by atoms with E-state index in [2.05, 4.69) is 26.8 Å². The van der Waals surface area contributed by atoms with Crippen LogP contribution in [0.25, 0.3) is 0 Å². The minimum atomic E-state index is -0.351. The first-order chi connectivity index (χ1) is 17.3. The normalized spacial score (nSPS) is 44.7. The molecule has 0 aromatic heterocycles. The lowest BCUT2D eigenvalue weighted by atomic mass is 9.68. The zero-order valence-electron chi connectivity index (χ0n) is 21.9. The highest BCUT2D eigenvalue weighted by Crippen LogP contribution is 2.60. The number of carbonyl (C=O) groups excluding carboxylic acids is 2. The molecule has 9 nitrogen and oxygen atoms in total. The molecule has 2 aliphatic carbocycles. The number of allylic oxidation sites excluding steroid dienone is 1. The summed E-state index contributed by atoms with van der Waals surface area (Å²) in [6.07, 6.45) is 3.86. The molecule has 0 radical (unpaired) electrons. The Labute approximate surface area is 213 Å². The summed E-state index contributed by atoms with van der Waals surface area (Å²) in [7, 11) is 1.70. The number of likely N-dealkylation sites (tertiary alicyclic amines) is 1. The molecule has 1 spiro atoms. The molecule has 0 aromatic carbocycles. The van der Waals surface area contributed by atoms with Crippen LogP contribution in [0, 0.1) is 23.7 Å². The van der Waals surface area contributed by atoms with E-state index in [0.29, 0.717) is 52.4 Å². The molecule has 2 saturated carbocycles. The second kappa shape index (κ2) is 8.96. The van der Waals surface area contributed by atoms with Crippen LogP contribution in [0.15, 0.2) is 11.6 Å². The van der Waals surface area contributed by atoms with Crippen molar-refractivity contribution in [2.24, 2.45) is 23.7 Å². The monoisotopic (exact) mass is 504 g/mol. The van der Waals surface area contributed by atoms with Gasteiger partial charge in [-0.15, -0.1) is 0 Å². The van der Waals surface area contributed by atoms with Gasteiger partial charge in [0, 0.05) is 39.2 Å². The first-order valence-corrected chi connectivity index (χ1v) is 13.6. The van der Waals surface area contributed by atoms with E-state index < -0.39 is 0 Å². The smallest absolute Gasteiger partial charge is 0.410 e. The van der Waals surface area contributed by atoms with Crippen molar-refractivity contribution in [2.75, 3.05) is 53.1 Å². The summed E-state index contributed by atoms with van der Waals surface area (Å²) in [5.74, 6) is 0.797. The molecule has 9 heteroatoms. The minimum absolute atomic E-state index is 0.0135. The quantitative estimate of drug-likeness (QED) is 0.405. The Morgan fingerprint density at radius 2 is 1.81 bits per heavy atom. The van der Waals surface area contributed by atoms with Gasteiger partial charge in [0.15, 0.2) is 0 Å². The first kappa shape index (κ1) is 24.6. The molecular weight excluding hydrogens is 464 g/mol. The Balaban J connectivity index is 1.06. The lowest BCUT2D eigenvalue weighted by Gasteiger charge is -2.43. The van der Waals surface area contributed by atoms with Crippen LogP contribution in [-0.4, -0.2) is 104 Å². The Hall–Kier alpha value is -1.68. The zero-order valence-corrected chi connectivity index (χ0v) is 21.9. The minimum Gasteiger partial charge on any atom is -0.443 e. The van der Waals surface area contributed by atoms with Crippen LogP contribution in [0.5, 0.6) is 0 Å². The van der Waals surface area contributed by atoms with Crippen LogP contribution >= 0.6 is 0 Å². The number of fused-ring (bicyclic) bond motifs is 1. The van der Waals surface area contributed by atoms with Gasteiger partial charge in [0.2, 0.25) is 5.91 Å². The predicted octanol–water partition coefficient (Wildman–Crippen LogP) is 2.24. The molecule has 9 atom stereocenters. The van der Waals surface area contributed by atoms with E-state index in [1.165, 1.54) is 5.57 Å². The second-order valence-corrected chi connectivity index (χ2v) is 12.0. The standard InChI is InChI=1S/C27H40N2O7/c1-16(2)5-6-20-26(3,36-20)23-22(32-4)19(7-8-27(23)15-34-27)35-25(31)29-13-17-18(14-29)21(17)24(30)28-9-11-33-12-10-28/h5,17-23H,6-15H2,1-4H3/t17-,18+,19-,20-,21+,22-,23?,26+,27+/m1/s1. The van der Waals surface area contributed by atoms with Crippen molar-refractivity contribution in [2.45, 2.75) is 69.5 Å². The van der Waals surface area contributed by atoms with Gasteiger partial charge < -0.3 is 33.5 Å². The summed E-state index contributed by atoms with van der Waals surface area (Å²) < 4.78 is 29.7. The molecular formula is C27H40N2O7. The summed E-state index contributed by atoms with van der Waals surface area (Å²) in [4.78, 5) is 29.7. The van der Waals surface area contributed by atoms with Gasteiger partial charge in [0.1, 0.15) is 23.4 Å². The Morgan fingerprint density at radius 3 is 2.42 bits per heavy atom. The maximum absolute atomic E-state index is 13.2. The van der Waals surface area contributed by atoms with Crippen LogP contribution < -0.4 is 0 Å². The highest BCUT2D eigenvalue weighted by Gasteiger charge is 2.72. The molecule has 6 fully saturated rings. The first-order valence-electron chi connectivity index (χ1n) is 13.6. The van der Waals surface area contributed by atoms with Gasteiger partial charge in [-0.1, -0.05) is 11.6 Å². The van der Waals surface area contributed by atoms with Gasteiger partial charge in [0.25, 0.3) is 0 Å². The maximum Gasteiger partial charge on any atom is 0.410 e. The van der Waals surface area contributed by atoms with Gasteiger partial charge in [-0.3, -0.25) is 4.79 Å². The van der Waals surface area contributed by atoms with E-state index in [4.69, 9.17) is 23.7 Å². The number of epoxide rings is 2. The summed E-state index contributed by atoms with van der Waals surface area (Å²) in [5, 5.41) is 0. The maximum atomic E-state index is 13.2. The van der Waals surface area contributed by atoms with Crippen molar-refractivity contribution in [3.05, 3.63) is 11.6 Å². The molecule has 4 saturated heterocycles. The Morgan fingerprint density at radius 1 is 1.11 bits per heavy atom. The fraction of sp³-hybridized carbons (Fsp3) is 0.852. The number of piperidine rings is 1. The molecule has 0 aromatic rings. The topological polar surface area (TPSA) is 93.4 Å². The molecule has 4 heterocycles. The molecule has 0 bridgehead atoms. The molecule has 6 rings (SSSR count). The van der Waals surface area contributed by atoms with Crippen molar-refractivity contribution in [3.63, 3.8) is 0 Å². The van der Waals surface area contributed by atoms with Crippen molar-refractivity contribution in [3.8, 4) is 0 Å². The zero-order chi connectivity index (χ0) is 25.2. The highest BCUT2D eigenvalue weighted by molar-refractivity contribution is 5.83. The van der Waals surface area contributed by atoms with E-state index >= 15 is 0 Å². The lowest BCUT2D eigenvalue weighted by molar-refractivity contribution is -0.137. The third kappa shape index (κ3) is 4.16. The summed E-state index contributed by atoms with van der Waals surface area (Å²) >= 11 is 0. The van der Waals surface area contributed by atoms with Gasteiger partial charge >= 0.3 is 6.09 Å². The van der Waals surface area contributed by atoms with Gasteiger partial charge in [-0.05, 0) is 51.9 Å². The van der Waals surface area contributed by atoms with Crippen molar-refractivity contribution < 1.29 is 33.3 Å². The van der Waals surface area contributed by atoms with E-state index in [0.717, 1.165) is 12.8 Å². The second-order valence-electron chi connectivity index (χ2n) is 12.0. The molecule has 36 heavy (non-hydrogen) atoms. The fourth-order valence-electron chi connectivity index (χ4n) is 7.31. The van der Waals surface area contributed by atoms with Crippen LogP contribution in [0.3, 0.4) is 0 Å². The fourth-order valence-corrected chi connectivity index (χ4v) is 7.31. The number of rotatable bonds is 6. The molecule has 2 amide bonds. The van der Waals surface area contributed by atoms with Crippen LogP contribution in [0.4, 0.5) is 4.79 Å². The average Bonchev–Trinajstić information content (AvgIpc) is 3.83. The van der Waals surface area contributed by atoms with E-state index in [-0.39, 0.29) is 65.2 Å². The summed E-state index contributed by atoms with van der Waals surface area (Å²) in [6.45, 7) is 10.8. The van der Waals surface area contributed by atoms with E-state index in [9.17, 15) is 9.59 Å². The molecule has 1 unspecified atom stereocenters. The number of methoxy groups -OCH3 is 1. The van der Waals surface area contributed by atoms with Gasteiger partial charge in [0.05, 0.1) is 31.8 Å². The number of hydrogen-bond donors (Lipinski definition) is 0. The van der Waals surface area contributed by atoms with Gasteiger partial charge in [-0.2, -0.15) is 0 Å². The largest absolute Gasteiger partial charge is 0.443 e. The van der Waals surface area contributed by atoms with Crippen LogP contribution in [0.1, 0.15) is 40.0 Å². The predicted molar refractivity (Wildman–Crippen MR) is 129 cm³/mol. The van der Waals surface area contributed by atoms with Crippen molar-refractivity contribution in [1.82, 2.24) is 9.80 Å².